The van der Waals surface area contributed by atoms with E-state index in [1.165, 1.54) is 0 Å². The normalized spacial score (nSPS) is 14.1. The Labute approximate surface area is 128 Å². The molecule has 0 aliphatic rings. The molecule has 0 aliphatic carbocycles. The van der Waals surface area contributed by atoms with Crippen molar-refractivity contribution in [1.82, 2.24) is 5.32 Å². The zero-order valence-corrected chi connectivity index (χ0v) is 13.9. The smallest absolute Gasteiger partial charge is 0.320 e. The maximum atomic E-state index is 11.3. The van der Waals surface area contributed by atoms with E-state index in [1.54, 1.807) is 7.11 Å². The highest BCUT2D eigenvalue weighted by Crippen LogP contribution is 2.28. The van der Waals surface area contributed by atoms with Crippen molar-refractivity contribution in [3.05, 3.63) is 28.2 Å². The van der Waals surface area contributed by atoms with Gasteiger partial charge in [0, 0.05) is 10.5 Å². The number of benzene rings is 1. The van der Waals surface area contributed by atoms with Crippen molar-refractivity contribution in [2.24, 2.45) is 5.92 Å². The van der Waals surface area contributed by atoms with Crippen molar-refractivity contribution >= 4 is 21.9 Å². The lowest BCUT2D eigenvalue weighted by molar-refractivity contribution is -0.140. The van der Waals surface area contributed by atoms with Gasteiger partial charge in [-0.3, -0.25) is 10.1 Å². The van der Waals surface area contributed by atoms with Crippen molar-refractivity contribution in [3.8, 4) is 5.75 Å². The number of carboxylic acids is 1. The first kappa shape index (κ1) is 17.0. The third-order valence-electron chi connectivity index (χ3n) is 3.13. The summed E-state index contributed by atoms with van der Waals surface area (Å²) >= 11 is 3.50. The van der Waals surface area contributed by atoms with Crippen LogP contribution in [0.1, 0.15) is 38.8 Å². The lowest BCUT2D eigenvalue weighted by Gasteiger charge is -2.23. The molecule has 0 bridgehead atoms. The predicted octanol–water partition coefficient (Wildman–Crippen LogP) is 3.61. The molecule has 0 saturated heterocycles. The Hall–Kier alpha value is -1.07. The van der Waals surface area contributed by atoms with Gasteiger partial charge >= 0.3 is 5.97 Å². The number of ether oxygens (including phenoxy) is 1. The summed E-state index contributed by atoms with van der Waals surface area (Å²) in [6.45, 7) is 6.00. The number of hydrogen-bond acceptors (Lipinski definition) is 3. The molecule has 0 aliphatic heterocycles. The molecule has 1 rings (SSSR count). The number of halogens is 1. The predicted molar refractivity (Wildman–Crippen MR) is 83.1 cm³/mol. The van der Waals surface area contributed by atoms with Crippen LogP contribution in [0.15, 0.2) is 22.7 Å². The molecule has 0 fully saturated rings. The Bertz CT molecular complexity index is 462. The molecule has 20 heavy (non-hydrogen) atoms. The minimum atomic E-state index is -0.810. The van der Waals surface area contributed by atoms with Gasteiger partial charge in [0.2, 0.25) is 0 Å². The van der Waals surface area contributed by atoms with E-state index >= 15 is 0 Å². The Morgan fingerprint density at radius 3 is 2.50 bits per heavy atom. The molecule has 5 heteroatoms. The van der Waals surface area contributed by atoms with Crippen LogP contribution in [0, 0.1) is 5.92 Å². The zero-order valence-electron chi connectivity index (χ0n) is 12.3. The summed E-state index contributed by atoms with van der Waals surface area (Å²) in [4.78, 5) is 11.3. The van der Waals surface area contributed by atoms with Gasteiger partial charge in [0.15, 0.2) is 0 Å². The minimum Gasteiger partial charge on any atom is -0.497 e. The molecular formula is C15H22BrNO3. The first-order valence-corrected chi connectivity index (χ1v) is 7.46. The fourth-order valence-electron chi connectivity index (χ4n) is 2.09. The van der Waals surface area contributed by atoms with Crippen molar-refractivity contribution < 1.29 is 14.6 Å². The van der Waals surface area contributed by atoms with Crippen LogP contribution in [0.2, 0.25) is 0 Å². The van der Waals surface area contributed by atoms with Crippen molar-refractivity contribution in [2.45, 2.75) is 39.3 Å². The number of carboxylic acid groups (broad SMARTS) is 1. The quantitative estimate of drug-likeness (QED) is 0.793. The first-order chi connectivity index (χ1) is 9.35. The molecule has 1 aromatic carbocycles. The van der Waals surface area contributed by atoms with Crippen LogP contribution < -0.4 is 10.1 Å². The number of carbonyl (C=O) groups is 1. The van der Waals surface area contributed by atoms with Crippen LogP contribution in [0.5, 0.6) is 5.75 Å². The minimum absolute atomic E-state index is 0.0601. The molecule has 0 radical (unpaired) electrons. The summed E-state index contributed by atoms with van der Waals surface area (Å²) in [5.41, 5.74) is 1.01. The third-order valence-corrected chi connectivity index (χ3v) is 3.82. The summed E-state index contributed by atoms with van der Waals surface area (Å²) in [5, 5.41) is 12.4. The van der Waals surface area contributed by atoms with Crippen LogP contribution in [0.3, 0.4) is 0 Å². The molecule has 2 N–H and O–H groups in total. The van der Waals surface area contributed by atoms with E-state index < -0.39 is 12.0 Å². The maximum absolute atomic E-state index is 11.3. The zero-order chi connectivity index (χ0) is 15.3. The molecule has 112 valence electrons. The Kier molecular flexibility index (Phi) is 6.49. The maximum Gasteiger partial charge on any atom is 0.320 e. The van der Waals surface area contributed by atoms with Crippen molar-refractivity contribution in [3.63, 3.8) is 0 Å². The van der Waals surface area contributed by atoms with Gasteiger partial charge in [0.1, 0.15) is 11.8 Å². The Morgan fingerprint density at radius 1 is 1.40 bits per heavy atom. The Morgan fingerprint density at radius 2 is 2.05 bits per heavy atom. The average molecular weight is 344 g/mol. The van der Waals surface area contributed by atoms with Crippen LogP contribution >= 0.6 is 15.9 Å². The molecule has 1 unspecified atom stereocenters. The van der Waals surface area contributed by atoms with Crippen LogP contribution in [-0.4, -0.2) is 24.2 Å². The van der Waals surface area contributed by atoms with E-state index in [0.717, 1.165) is 15.8 Å². The molecule has 4 nitrogen and oxygen atoms in total. The van der Waals surface area contributed by atoms with Gasteiger partial charge in [-0.1, -0.05) is 35.8 Å². The highest BCUT2D eigenvalue weighted by molar-refractivity contribution is 9.10. The molecular weight excluding hydrogens is 322 g/mol. The van der Waals surface area contributed by atoms with Crippen LogP contribution in [0.4, 0.5) is 0 Å². The number of methoxy groups -OCH3 is 1. The topological polar surface area (TPSA) is 58.6 Å². The van der Waals surface area contributed by atoms with Gasteiger partial charge in [0.05, 0.1) is 7.11 Å². The molecule has 0 heterocycles. The fraction of sp³-hybridized carbons (Fsp3) is 0.533. The van der Waals surface area contributed by atoms with E-state index in [-0.39, 0.29) is 6.04 Å². The third kappa shape index (κ3) is 4.80. The van der Waals surface area contributed by atoms with Gasteiger partial charge in [-0.15, -0.1) is 0 Å². The standard InChI is InChI=1S/C15H22BrNO3/c1-9(2)7-14(15(18)19)17-10(3)12-6-5-11(20-4)8-13(12)16/h5-6,8-10,14,17H,7H2,1-4H3,(H,18,19)/t10?,14-/m0/s1. The molecule has 0 spiro atoms. The monoisotopic (exact) mass is 343 g/mol. The van der Waals surface area contributed by atoms with Gasteiger partial charge in [-0.25, -0.2) is 0 Å². The highest BCUT2D eigenvalue weighted by Gasteiger charge is 2.22. The lowest BCUT2D eigenvalue weighted by atomic mass is 10.0. The summed E-state index contributed by atoms with van der Waals surface area (Å²) in [6.07, 6.45) is 0.605. The summed E-state index contributed by atoms with van der Waals surface area (Å²) in [6, 6.07) is 5.09. The average Bonchev–Trinajstić information content (AvgIpc) is 2.36. The molecule has 0 aromatic heterocycles. The van der Waals surface area contributed by atoms with Gasteiger partial charge in [0.25, 0.3) is 0 Å². The van der Waals surface area contributed by atoms with E-state index in [9.17, 15) is 9.90 Å². The second-order valence-corrected chi connectivity index (χ2v) is 6.15. The summed E-state index contributed by atoms with van der Waals surface area (Å²) in [5.74, 6) is 0.287. The largest absolute Gasteiger partial charge is 0.497 e. The number of rotatable bonds is 7. The van der Waals surface area contributed by atoms with Gasteiger partial charge < -0.3 is 9.84 Å². The number of aliphatic carboxylic acids is 1. The first-order valence-electron chi connectivity index (χ1n) is 6.67. The Balaban J connectivity index is 2.83. The lowest BCUT2D eigenvalue weighted by Crippen LogP contribution is -2.39. The molecule has 0 amide bonds. The SMILES string of the molecule is COc1ccc(C(C)N[C@@H](CC(C)C)C(=O)O)c(Br)c1. The second kappa shape index (κ2) is 7.64. The van der Waals surface area contributed by atoms with E-state index in [1.807, 2.05) is 39.0 Å². The molecule has 1 aromatic rings. The van der Waals surface area contributed by atoms with Gasteiger partial charge in [-0.05, 0) is 37.0 Å². The van der Waals surface area contributed by atoms with Gasteiger partial charge in [-0.2, -0.15) is 0 Å². The van der Waals surface area contributed by atoms with Crippen molar-refractivity contribution in [1.29, 1.82) is 0 Å². The molecule has 2 atom stereocenters. The summed E-state index contributed by atoms with van der Waals surface area (Å²) in [7, 11) is 1.62. The summed E-state index contributed by atoms with van der Waals surface area (Å²) < 4.78 is 6.07. The highest BCUT2D eigenvalue weighted by atomic mass is 79.9. The fourth-order valence-corrected chi connectivity index (χ4v) is 2.79. The number of nitrogens with one attached hydrogen (secondary N) is 1. The number of hydrogen-bond donors (Lipinski definition) is 2. The van der Waals surface area contributed by atoms with E-state index in [4.69, 9.17) is 4.74 Å². The van der Waals surface area contributed by atoms with Crippen molar-refractivity contribution in [2.75, 3.05) is 7.11 Å². The van der Waals surface area contributed by atoms with E-state index in [2.05, 4.69) is 21.2 Å². The molecule has 0 saturated carbocycles. The second-order valence-electron chi connectivity index (χ2n) is 5.30. The van der Waals surface area contributed by atoms with Crippen LogP contribution in [-0.2, 0) is 4.79 Å². The van der Waals surface area contributed by atoms with E-state index in [0.29, 0.717) is 12.3 Å². The van der Waals surface area contributed by atoms with Crippen LogP contribution in [0.25, 0.3) is 0 Å².